The fourth-order valence-corrected chi connectivity index (χ4v) is 2.78. The summed E-state index contributed by atoms with van der Waals surface area (Å²) in [5.74, 6) is 1.77. The van der Waals surface area contributed by atoms with Crippen LogP contribution in [0.5, 0.6) is 5.75 Å². The number of aromatic nitrogens is 1. The quantitative estimate of drug-likeness (QED) is 0.928. The minimum Gasteiger partial charge on any atom is -0.496 e. The number of nitrogens with zero attached hydrogens (tertiary/aromatic N) is 1. The topological polar surface area (TPSA) is 43.4 Å². The van der Waals surface area contributed by atoms with E-state index in [2.05, 4.69) is 23.3 Å². The van der Waals surface area contributed by atoms with Crippen molar-refractivity contribution in [3.63, 3.8) is 0 Å². The van der Waals surface area contributed by atoms with Crippen molar-refractivity contribution in [2.45, 2.75) is 31.9 Å². The molecule has 1 aliphatic rings. The van der Waals surface area contributed by atoms with Crippen LogP contribution in [0, 0.1) is 0 Å². The number of ether oxygens (including phenoxy) is 2. The van der Waals surface area contributed by atoms with E-state index < -0.39 is 0 Å². The average molecular weight is 272 g/mol. The molecule has 2 atom stereocenters. The monoisotopic (exact) mass is 272 g/mol. The van der Waals surface area contributed by atoms with E-state index in [9.17, 15) is 0 Å². The Morgan fingerprint density at radius 3 is 3.00 bits per heavy atom. The van der Waals surface area contributed by atoms with Crippen molar-refractivity contribution >= 4 is 16.6 Å². The van der Waals surface area contributed by atoms with E-state index in [-0.39, 0.29) is 12.1 Å². The van der Waals surface area contributed by atoms with Crippen LogP contribution >= 0.6 is 0 Å². The van der Waals surface area contributed by atoms with Crippen LogP contribution < -0.4 is 10.1 Å². The summed E-state index contributed by atoms with van der Waals surface area (Å²) in [5.41, 5.74) is 0. The standard InChI is InChI=1S/C16H20N2O2/c1-11(14-7-4-10-20-14)18-16-13-5-3-6-15(19-2)12(13)8-9-17-16/h3,5-6,8-9,11,14H,4,7,10H2,1-2H3,(H,17,18). The van der Waals surface area contributed by atoms with Gasteiger partial charge in [-0.3, -0.25) is 0 Å². The van der Waals surface area contributed by atoms with Gasteiger partial charge in [0.2, 0.25) is 0 Å². The van der Waals surface area contributed by atoms with Crippen molar-refractivity contribution in [2.75, 3.05) is 19.0 Å². The molecule has 3 rings (SSSR count). The first-order valence-electron chi connectivity index (χ1n) is 7.09. The summed E-state index contributed by atoms with van der Waals surface area (Å²) in [6, 6.07) is 8.26. The smallest absolute Gasteiger partial charge is 0.134 e. The molecule has 1 saturated heterocycles. The number of benzene rings is 1. The molecule has 1 aromatic heterocycles. The van der Waals surface area contributed by atoms with Crippen LogP contribution in [0.2, 0.25) is 0 Å². The van der Waals surface area contributed by atoms with E-state index in [1.165, 1.54) is 0 Å². The molecule has 2 unspecified atom stereocenters. The van der Waals surface area contributed by atoms with Crippen molar-refractivity contribution in [3.05, 3.63) is 30.5 Å². The molecule has 1 fully saturated rings. The zero-order valence-electron chi connectivity index (χ0n) is 11.9. The summed E-state index contributed by atoms with van der Waals surface area (Å²) in [6.45, 7) is 3.02. The van der Waals surface area contributed by atoms with Crippen LogP contribution in [-0.2, 0) is 4.74 Å². The van der Waals surface area contributed by atoms with E-state index in [1.54, 1.807) is 7.11 Å². The highest BCUT2D eigenvalue weighted by atomic mass is 16.5. The van der Waals surface area contributed by atoms with Crippen molar-refractivity contribution in [1.29, 1.82) is 0 Å². The maximum atomic E-state index is 5.73. The lowest BCUT2D eigenvalue weighted by molar-refractivity contribution is 0.0996. The summed E-state index contributed by atoms with van der Waals surface area (Å²) >= 11 is 0. The largest absolute Gasteiger partial charge is 0.496 e. The van der Waals surface area contributed by atoms with E-state index in [4.69, 9.17) is 9.47 Å². The van der Waals surface area contributed by atoms with Crippen molar-refractivity contribution in [3.8, 4) is 5.75 Å². The minimum atomic E-state index is 0.252. The second-order valence-electron chi connectivity index (χ2n) is 5.20. The van der Waals surface area contributed by atoms with Gasteiger partial charge in [-0.1, -0.05) is 12.1 Å². The number of pyridine rings is 1. The van der Waals surface area contributed by atoms with Crippen molar-refractivity contribution in [1.82, 2.24) is 4.98 Å². The van der Waals surface area contributed by atoms with Crippen LogP contribution in [0.15, 0.2) is 30.5 Å². The molecule has 0 bridgehead atoms. The van der Waals surface area contributed by atoms with Crippen molar-refractivity contribution < 1.29 is 9.47 Å². The Labute approximate surface area is 119 Å². The zero-order valence-corrected chi connectivity index (χ0v) is 11.9. The molecule has 20 heavy (non-hydrogen) atoms. The third-order valence-corrected chi connectivity index (χ3v) is 3.87. The summed E-state index contributed by atoms with van der Waals surface area (Å²) in [4.78, 5) is 4.47. The number of hydrogen-bond donors (Lipinski definition) is 1. The van der Waals surface area contributed by atoms with Crippen molar-refractivity contribution in [2.24, 2.45) is 0 Å². The first-order chi connectivity index (χ1) is 9.79. The van der Waals surface area contributed by atoms with E-state index in [1.807, 2.05) is 24.4 Å². The van der Waals surface area contributed by atoms with Gasteiger partial charge in [0.15, 0.2) is 0 Å². The summed E-state index contributed by atoms with van der Waals surface area (Å²) < 4.78 is 11.1. The van der Waals surface area contributed by atoms with Gasteiger partial charge in [-0.05, 0) is 31.9 Å². The van der Waals surface area contributed by atoms with E-state index in [0.29, 0.717) is 0 Å². The lowest BCUT2D eigenvalue weighted by Gasteiger charge is -2.21. The molecule has 4 heteroatoms. The molecular weight excluding hydrogens is 252 g/mol. The Balaban J connectivity index is 1.91. The highest BCUT2D eigenvalue weighted by Crippen LogP contribution is 2.30. The molecule has 0 radical (unpaired) electrons. The zero-order chi connectivity index (χ0) is 13.9. The minimum absolute atomic E-state index is 0.252. The molecular formula is C16H20N2O2. The molecule has 2 aromatic rings. The molecule has 0 saturated carbocycles. The van der Waals surface area contributed by atoms with Gasteiger partial charge in [-0.25, -0.2) is 4.98 Å². The Morgan fingerprint density at radius 2 is 2.25 bits per heavy atom. The number of methoxy groups -OCH3 is 1. The molecule has 1 aliphatic heterocycles. The highest BCUT2D eigenvalue weighted by Gasteiger charge is 2.23. The fourth-order valence-electron chi connectivity index (χ4n) is 2.78. The van der Waals surface area contributed by atoms with Crippen LogP contribution in [0.1, 0.15) is 19.8 Å². The Bertz CT molecular complexity index is 594. The number of nitrogens with one attached hydrogen (secondary N) is 1. The second-order valence-corrected chi connectivity index (χ2v) is 5.20. The summed E-state index contributed by atoms with van der Waals surface area (Å²) in [6.07, 6.45) is 4.35. The molecule has 0 spiro atoms. The van der Waals surface area contributed by atoms with E-state index >= 15 is 0 Å². The number of anilines is 1. The molecule has 0 amide bonds. The molecule has 4 nitrogen and oxygen atoms in total. The van der Waals surface area contributed by atoms with Gasteiger partial charge in [0.05, 0.1) is 19.3 Å². The molecule has 0 aliphatic carbocycles. The third-order valence-electron chi connectivity index (χ3n) is 3.87. The van der Waals surface area contributed by atoms with Gasteiger partial charge in [0.25, 0.3) is 0 Å². The first-order valence-corrected chi connectivity index (χ1v) is 7.09. The number of fused-ring (bicyclic) bond motifs is 1. The maximum Gasteiger partial charge on any atom is 0.134 e. The van der Waals surface area contributed by atoms with Gasteiger partial charge in [-0.2, -0.15) is 0 Å². The van der Waals surface area contributed by atoms with Crippen LogP contribution in [0.3, 0.4) is 0 Å². The van der Waals surface area contributed by atoms with Crippen LogP contribution in [-0.4, -0.2) is 30.8 Å². The van der Waals surface area contributed by atoms with Crippen LogP contribution in [0.25, 0.3) is 10.8 Å². The fraction of sp³-hybridized carbons (Fsp3) is 0.438. The second kappa shape index (κ2) is 5.67. The average Bonchev–Trinajstić information content (AvgIpc) is 3.01. The Hall–Kier alpha value is -1.81. The predicted octanol–water partition coefficient (Wildman–Crippen LogP) is 3.22. The maximum absolute atomic E-state index is 5.73. The van der Waals surface area contributed by atoms with Gasteiger partial charge in [-0.15, -0.1) is 0 Å². The molecule has 2 heterocycles. The molecule has 1 aromatic carbocycles. The number of rotatable bonds is 4. The van der Waals surface area contributed by atoms with Gasteiger partial charge >= 0.3 is 0 Å². The summed E-state index contributed by atoms with van der Waals surface area (Å²) in [5, 5.41) is 5.64. The SMILES string of the molecule is COc1cccc2c(NC(C)C3CCCO3)nccc12. The first kappa shape index (κ1) is 13.2. The summed E-state index contributed by atoms with van der Waals surface area (Å²) in [7, 11) is 1.69. The molecule has 106 valence electrons. The molecule has 1 N–H and O–H groups in total. The van der Waals surface area contributed by atoms with E-state index in [0.717, 1.165) is 41.8 Å². The Kier molecular flexibility index (Phi) is 3.74. The predicted molar refractivity (Wildman–Crippen MR) is 80.4 cm³/mol. The normalized spacial score (nSPS) is 20.0. The highest BCUT2D eigenvalue weighted by molar-refractivity contribution is 5.95. The van der Waals surface area contributed by atoms with Gasteiger partial charge in [0, 0.05) is 23.6 Å². The number of hydrogen-bond acceptors (Lipinski definition) is 4. The Morgan fingerprint density at radius 1 is 1.35 bits per heavy atom. The lowest BCUT2D eigenvalue weighted by atomic mass is 10.1. The third kappa shape index (κ3) is 2.43. The van der Waals surface area contributed by atoms with Gasteiger partial charge < -0.3 is 14.8 Å². The van der Waals surface area contributed by atoms with Crippen LogP contribution in [0.4, 0.5) is 5.82 Å². The lowest BCUT2D eigenvalue weighted by Crippen LogP contribution is -2.30. The van der Waals surface area contributed by atoms with Gasteiger partial charge in [0.1, 0.15) is 11.6 Å².